The quantitative estimate of drug-likeness (QED) is 0.259. The van der Waals surface area contributed by atoms with Gasteiger partial charge in [0.15, 0.2) is 11.5 Å². The first-order chi connectivity index (χ1) is 17.9. The number of rotatable bonds is 12. The predicted octanol–water partition coefficient (Wildman–Crippen LogP) is 6.40. The summed E-state index contributed by atoms with van der Waals surface area (Å²) in [5.41, 5.74) is 6.07. The molecule has 0 heterocycles. The van der Waals surface area contributed by atoms with Gasteiger partial charge in [0.1, 0.15) is 6.04 Å². The van der Waals surface area contributed by atoms with Crippen LogP contribution in [-0.2, 0) is 17.4 Å². The minimum absolute atomic E-state index is 0.158. The fraction of sp³-hybridized carbons (Fsp3) is 0.269. The van der Waals surface area contributed by atoms with Gasteiger partial charge in [-0.05, 0) is 53.8 Å². The van der Waals surface area contributed by atoms with Gasteiger partial charge in [0.25, 0.3) is 0 Å². The van der Waals surface area contributed by atoms with Gasteiger partial charge < -0.3 is 15.2 Å². The SMILES string of the molecule is NC(=O)[C@@H](N[C@@H](CCc1ccc(C(F)(F)F)cc1)c1ccc(OC(F)F)c(OC(F)F)c1)c1ccccc1. The second-order valence-corrected chi connectivity index (χ2v) is 8.16. The summed E-state index contributed by atoms with van der Waals surface area (Å²) in [5.74, 6) is -2.04. The molecule has 204 valence electrons. The topological polar surface area (TPSA) is 73.6 Å². The highest BCUT2D eigenvalue weighted by Gasteiger charge is 2.30. The van der Waals surface area contributed by atoms with Crippen molar-refractivity contribution in [2.75, 3.05) is 0 Å². The van der Waals surface area contributed by atoms with Crippen molar-refractivity contribution in [1.82, 2.24) is 5.32 Å². The number of hydrogen-bond acceptors (Lipinski definition) is 4. The minimum atomic E-state index is -4.50. The Hall–Kier alpha value is -3.80. The highest BCUT2D eigenvalue weighted by molar-refractivity contribution is 5.81. The number of benzene rings is 3. The van der Waals surface area contributed by atoms with Crippen molar-refractivity contribution in [3.8, 4) is 11.5 Å². The molecular weight excluding hydrogens is 521 g/mol. The zero-order valence-corrected chi connectivity index (χ0v) is 19.6. The van der Waals surface area contributed by atoms with Crippen LogP contribution >= 0.6 is 0 Å². The van der Waals surface area contributed by atoms with Crippen LogP contribution in [0.2, 0.25) is 0 Å². The number of nitrogens with two attached hydrogens (primary N) is 1. The van der Waals surface area contributed by atoms with E-state index >= 15 is 0 Å². The Morgan fingerprint density at radius 3 is 1.97 bits per heavy atom. The van der Waals surface area contributed by atoms with Crippen LogP contribution in [0.1, 0.15) is 40.8 Å². The Kier molecular flexibility index (Phi) is 9.56. The van der Waals surface area contributed by atoms with Gasteiger partial charge in [-0.2, -0.15) is 30.7 Å². The summed E-state index contributed by atoms with van der Waals surface area (Å²) in [7, 11) is 0. The number of alkyl halides is 7. The van der Waals surface area contributed by atoms with E-state index in [1.54, 1.807) is 30.3 Å². The van der Waals surface area contributed by atoms with Gasteiger partial charge in [0.2, 0.25) is 5.91 Å². The number of ether oxygens (including phenoxy) is 2. The van der Waals surface area contributed by atoms with Gasteiger partial charge >= 0.3 is 19.4 Å². The molecule has 0 aliphatic rings. The second kappa shape index (κ2) is 12.6. The van der Waals surface area contributed by atoms with Crippen LogP contribution in [0.3, 0.4) is 0 Å². The molecule has 0 aromatic heterocycles. The number of halogens is 7. The third kappa shape index (κ3) is 8.10. The summed E-state index contributed by atoms with van der Waals surface area (Å²) in [6.45, 7) is -6.64. The molecular formula is C26H23F7N2O3. The highest BCUT2D eigenvalue weighted by atomic mass is 19.4. The average molecular weight is 544 g/mol. The Morgan fingerprint density at radius 2 is 1.42 bits per heavy atom. The number of amides is 1. The van der Waals surface area contributed by atoms with Crippen LogP contribution in [0.4, 0.5) is 30.7 Å². The van der Waals surface area contributed by atoms with Crippen molar-refractivity contribution in [3.05, 3.63) is 95.1 Å². The van der Waals surface area contributed by atoms with Gasteiger partial charge in [-0.3, -0.25) is 10.1 Å². The maximum atomic E-state index is 13.0. The van der Waals surface area contributed by atoms with E-state index < -0.39 is 54.5 Å². The fourth-order valence-electron chi connectivity index (χ4n) is 3.83. The van der Waals surface area contributed by atoms with Crippen LogP contribution in [0.5, 0.6) is 11.5 Å². The van der Waals surface area contributed by atoms with Crippen molar-refractivity contribution in [2.45, 2.75) is 44.3 Å². The first kappa shape index (κ1) is 28.8. The lowest BCUT2D eigenvalue weighted by atomic mass is 9.95. The molecule has 5 nitrogen and oxygen atoms in total. The molecule has 0 fully saturated rings. The first-order valence-electron chi connectivity index (χ1n) is 11.2. The molecule has 0 spiro atoms. The van der Waals surface area contributed by atoms with E-state index in [1.165, 1.54) is 18.2 Å². The zero-order chi connectivity index (χ0) is 27.9. The summed E-state index contributed by atoms with van der Waals surface area (Å²) in [5, 5.41) is 3.05. The smallest absolute Gasteiger partial charge is 0.416 e. The van der Waals surface area contributed by atoms with Crippen LogP contribution < -0.4 is 20.5 Å². The average Bonchev–Trinajstić information content (AvgIpc) is 2.85. The maximum Gasteiger partial charge on any atom is 0.416 e. The van der Waals surface area contributed by atoms with E-state index in [2.05, 4.69) is 14.8 Å². The number of aryl methyl sites for hydroxylation is 1. The van der Waals surface area contributed by atoms with Crippen LogP contribution in [0.15, 0.2) is 72.8 Å². The summed E-state index contributed by atoms with van der Waals surface area (Å²) in [4.78, 5) is 12.3. The molecule has 12 heteroatoms. The van der Waals surface area contributed by atoms with Gasteiger partial charge in [0, 0.05) is 6.04 Å². The lowest BCUT2D eigenvalue weighted by Gasteiger charge is -2.26. The lowest BCUT2D eigenvalue weighted by molar-refractivity contribution is -0.137. The second-order valence-electron chi connectivity index (χ2n) is 8.16. The molecule has 0 saturated heterocycles. The number of hydrogen-bond donors (Lipinski definition) is 2. The summed E-state index contributed by atoms with van der Waals surface area (Å²) in [6, 6.07) is 14.4. The molecule has 3 aromatic rings. The van der Waals surface area contributed by atoms with E-state index in [1.807, 2.05) is 0 Å². The van der Waals surface area contributed by atoms with Crippen molar-refractivity contribution in [3.63, 3.8) is 0 Å². The Morgan fingerprint density at radius 1 is 0.816 bits per heavy atom. The minimum Gasteiger partial charge on any atom is -0.431 e. The monoisotopic (exact) mass is 544 g/mol. The number of carbonyl (C=O) groups excluding carboxylic acids is 1. The van der Waals surface area contributed by atoms with Crippen LogP contribution in [-0.4, -0.2) is 19.1 Å². The van der Waals surface area contributed by atoms with E-state index in [4.69, 9.17) is 5.73 Å². The molecule has 0 saturated carbocycles. The van der Waals surface area contributed by atoms with Gasteiger partial charge in [-0.1, -0.05) is 48.5 Å². The van der Waals surface area contributed by atoms with Crippen molar-refractivity contribution in [2.24, 2.45) is 5.73 Å². The molecule has 0 bridgehead atoms. The van der Waals surface area contributed by atoms with Crippen molar-refractivity contribution < 1.29 is 45.0 Å². The number of nitrogens with one attached hydrogen (secondary N) is 1. The molecule has 0 aliphatic heterocycles. The van der Waals surface area contributed by atoms with E-state index in [0.29, 0.717) is 11.1 Å². The molecule has 3 rings (SSSR count). The fourth-order valence-corrected chi connectivity index (χ4v) is 3.83. The summed E-state index contributed by atoms with van der Waals surface area (Å²) >= 11 is 0. The van der Waals surface area contributed by atoms with Gasteiger partial charge in [-0.15, -0.1) is 0 Å². The Bertz CT molecular complexity index is 1190. The van der Waals surface area contributed by atoms with Crippen molar-refractivity contribution in [1.29, 1.82) is 0 Å². The molecule has 2 atom stereocenters. The highest BCUT2D eigenvalue weighted by Crippen LogP contribution is 2.35. The number of primary amides is 1. The number of carbonyl (C=O) groups is 1. The lowest BCUT2D eigenvalue weighted by Crippen LogP contribution is -2.36. The standard InChI is InChI=1S/C26H23F7N2O3/c27-24(28)37-20-13-9-17(14-21(20)38-25(29)30)19(35-22(23(34)36)16-4-2-1-3-5-16)12-8-15-6-10-18(11-7-15)26(31,32)33/h1-7,9-11,13-14,19,22,24-25,35H,8,12H2,(H2,34,36)/t19-,22-/m0/s1. The largest absolute Gasteiger partial charge is 0.431 e. The van der Waals surface area contributed by atoms with Crippen molar-refractivity contribution >= 4 is 5.91 Å². The third-order valence-corrected chi connectivity index (χ3v) is 5.59. The molecule has 0 aliphatic carbocycles. The predicted molar refractivity (Wildman–Crippen MR) is 124 cm³/mol. The zero-order valence-electron chi connectivity index (χ0n) is 19.6. The molecule has 38 heavy (non-hydrogen) atoms. The molecule has 3 N–H and O–H groups in total. The Labute approximate surface area is 213 Å². The molecule has 1 amide bonds. The summed E-state index contributed by atoms with van der Waals surface area (Å²) < 4.78 is 98.8. The maximum absolute atomic E-state index is 13.0. The van der Waals surface area contributed by atoms with E-state index in [9.17, 15) is 35.5 Å². The van der Waals surface area contributed by atoms with Gasteiger partial charge in [-0.25, -0.2) is 0 Å². The van der Waals surface area contributed by atoms with E-state index in [-0.39, 0.29) is 18.4 Å². The first-order valence-corrected chi connectivity index (χ1v) is 11.2. The molecule has 3 aromatic carbocycles. The molecule has 0 unspecified atom stereocenters. The summed E-state index contributed by atoms with van der Waals surface area (Å²) in [6.07, 6.45) is -4.14. The normalized spacial score (nSPS) is 13.4. The van der Waals surface area contributed by atoms with Crippen LogP contribution in [0, 0.1) is 0 Å². The Balaban J connectivity index is 1.95. The van der Waals surface area contributed by atoms with Crippen LogP contribution in [0.25, 0.3) is 0 Å². The molecule has 0 radical (unpaired) electrons. The third-order valence-electron chi connectivity index (χ3n) is 5.59. The van der Waals surface area contributed by atoms with E-state index in [0.717, 1.165) is 24.3 Å². The van der Waals surface area contributed by atoms with Gasteiger partial charge in [0.05, 0.1) is 5.56 Å².